The van der Waals surface area contributed by atoms with Gasteiger partial charge in [-0.3, -0.25) is 4.90 Å². The molecule has 0 amide bonds. The first-order valence-corrected chi connectivity index (χ1v) is 8.24. The molecule has 1 aliphatic rings. The fourth-order valence-corrected chi connectivity index (χ4v) is 3.71. The number of benzene rings is 1. The number of methoxy groups -OCH3 is 1. The molecular weight excluding hydrogens is 260 g/mol. The molecule has 0 saturated heterocycles. The van der Waals surface area contributed by atoms with Crippen molar-refractivity contribution in [3.05, 3.63) is 29.3 Å². The number of rotatable bonds is 6. The second-order valence-electron chi connectivity index (χ2n) is 6.32. The molecule has 0 aliphatic heterocycles. The largest absolute Gasteiger partial charge is 0.496 e. The maximum atomic E-state index is 6.20. The summed E-state index contributed by atoms with van der Waals surface area (Å²) in [5, 5.41) is 0. The van der Waals surface area contributed by atoms with Gasteiger partial charge in [-0.15, -0.1) is 0 Å². The molecule has 1 aromatic carbocycles. The van der Waals surface area contributed by atoms with Crippen LogP contribution in [0.4, 0.5) is 0 Å². The lowest BCUT2D eigenvalue weighted by Crippen LogP contribution is -2.54. The Morgan fingerprint density at radius 3 is 2.52 bits per heavy atom. The number of nitrogens with zero attached hydrogens (tertiary/aromatic N) is 1. The van der Waals surface area contributed by atoms with Crippen molar-refractivity contribution in [1.82, 2.24) is 4.90 Å². The van der Waals surface area contributed by atoms with Crippen molar-refractivity contribution in [1.29, 1.82) is 0 Å². The molecule has 2 N–H and O–H groups in total. The molecule has 1 aliphatic carbocycles. The minimum Gasteiger partial charge on any atom is -0.496 e. The van der Waals surface area contributed by atoms with Crippen LogP contribution >= 0.6 is 0 Å². The van der Waals surface area contributed by atoms with Gasteiger partial charge in [0.2, 0.25) is 0 Å². The van der Waals surface area contributed by atoms with Crippen LogP contribution in [-0.2, 0) is 6.54 Å². The minimum absolute atomic E-state index is 0.182. The van der Waals surface area contributed by atoms with Crippen molar-refractivity contribution in [2.45, 2.75) is 58.0 Å². The summed E-state index contributed by atoms with van der Waals surface area (Å²) in [5.41, 5.74) is 8.94. The summed E-state index contributed by atoms with van der Waals surface area (Å²) in [7, 11) is 1.75. The summed E-state index contributed by atoms with van der Waals surface area (Å²) in [6.07, 6.45) is 6.42. The fourth-order valence-electron chi connectivity index (χ4n) is 3.71. The third-order valence-corrected chi connectivity index (χ3v) is 5.01. The first-order chi connectivity index (χ1) is 10.1. The monoisotopic (exact) mass is 290 g/mol. The lowest BCUT2D eigenvalue weighted by molar-refractivity contribution is 0.0540. The first-order valence-electron chi connectivity index (χ1n) is 8.24. The standard InChI is InChI=1S/C18H30N2O/c1-4-20(18(14-19)10-6-5-7-11-18)13-16-12-15(2)8-9-17(16)21-3/h8-9,12H,4-7,10-11,13-14,19H2,1-3H3. The Morgan fingerprint density at radius 2 is 1.95 bits per heavy atom. The van der Waals surface area contributed by atoms with E-state index in [-0.39, 0.29) is 5.54 Å². The maximum absolute atomic E-state index is 6.20. The van der Waals surface area contributed by atoms with Gasteiger partial charge in [0.1, 0.15) is 5.75 Å². The Kier molecular flexibility index (Phi) is 5.65. The maximum Gasteiger partial charge on any atom is 0.123 e. The predicted octanol–water partition coefficient (Wildman–Crippen LogP) is 3.49. The highest BCUT2D eigenvalue weighted by Crippen LogP contribution is 2.35. The zero-order valence-electron chi connectivity index (χ0n) is 13.8. The van der Waals surface area contributed by atoms with E-state index in [4.69, 9.17) is 10.5 Å². The van der Waals surface area contributed by atoms with Crippen molar-refractivity contribution < 1.29 is 4.74 Å². The van der Waals surface area contributed by atoms with Gasteiger partial charge in [-0.25, -0.2) is 0 Å². The second kappa shape index (κ2) is 7.28. The molecule has 0 radical (unpaired) electrons. The highest BCUT2D eigenvalue weighted by molar-refractivity contribution is 5.37. The van der Waals surface area contributed by atoms with Crippen LogP contribution in [0.25, 0.3) is 0 Å². The molecule has 0 heterocycles. The molecule has 3 nitrogen and oxygen atoms in total. The quantitative estimate of drug-likeness (QED) is 0.871. The number of ether oxygens (including phenoxy) is 1. The molecule has 0 spiro atoms. The SMILES string of the molecule is CCN(Cc1cc(C)ccc1OC)C1(CN)CCCCC1. The third-order valence-electron chi connectivity index (χ3n) is 5.01. The van der Waals surface area contributed by atoms with Crippen LogP contribution in [0, 0.1) is 6.92 Å². The van der Waals surface area contributed by atoms with Crippen LogP contribution in [0.5, 0.6) is 5.75 Å². The molecule has 0 aromatic heterocycles. The van der Waals surface area contributed by atoms with Gasteiger partial charge in [-0.1, -0.05) is 43.9 Å². The molecule has 3 heteroatoms. The van der Waals surface area contributed by atoms with Crippen molar-refractivity contribution in [2.24, 2.45) is 5.73 Å². The highest BCUT2D eigenvalue weighted by atomic mass is 16.5. The van der Waals surface area contributed by atoms with E-state index >= 15 is 0 Å². The van der Waals surface area contributed by atoms with Gasteiger partial charge in [0.05, 0.1) is 7.11 Å². The van der Waals surface area contributed by atoms with E-state index in [1.54, 1.807) is 7.11 Å². The lowest BCUT2D eigenvalue weighted by Gasteiger charge is -2.46. The average molecular weight is 290 g/mol. The number of likely N-dealkylation sites (N-methyl/N-ethyl adjacent to an activating group) is 1. The van der Waals surface area contributed by atoms with E-state index in [1.807, 2.05) is 0 Å². The lowest BCUT2D eigenvalue weighted by atomic mass is 9.80. The molecule has 21 heavy (non-hydrogen) atoms. The first kappa shape index (κ1) is 16.3. The summed E-state index contributed by atoms with van der Waals surface area (Å²) < 4.78 is 5.54. The summed E-state index contributed by atoms with van der Waals surface area (Å²) in [5.74, 6) is 0.988. The molecule has 118 valence electrons. The van der Waals surface area contributed by atoms with Crippen LogP contribution in [0.2, 0.25) is 0 Å². The Hall–Kier alpha value is -1.06. The van der Waals surface area contributed by atoms with E-state index in [9.17, 15) is 0 Å². The summed E-state index contributed by atoms with van der Waals surface area (Å²) in [6.45, 7) is 7.11. The summed E-state index contributed by atoms with van der Waals surface area (Å²) in [6, 6.07) is 6.43. The van der Waals surface area contributed by atoms with E-state index in [0.29, 0.717) is 0 Å². The molecule has 1 saturated carbocycles. The molecule has 0 bridgehead atoms. The van der Waals surface area contributed by atoms with Crippen LogP contribution in [-0.4, -0.2) is 30.6 Å². The molecule has 2 rings (SSSR count). The Bertz CT molecular complexity index is 453. The van der Waals surface area contributed by atoms with E-state index in [2.05, 4.69) is 36.9 Å². The van der Waals surface area contributed by atoms with Crippen molar-refractivity contribution in [2.75, 3.05) is 20.2 Å². The van der Waals surface area contributed by atoms with Crippen molar-refractivity contribution in [3.8, 4) is 5.75 Å². The van der Waals surface area contributed by atoms with Gasteiger partial charge in [0.25, 0.3) is 0 Å². The third kappa shape index (κ3) is 3.58. The summed E-state index contributed by atoms with van der Waals surface area (Å²) in [4.78, 5) is 2.57. The van der Waals surface area contributed by atoms with Crippen molar-refractivity contribution in [3.63, 3.8) is 0 Å². The normalized spacial score (nSPS) is 18.0. The number of aryl methyl sites for hydroxylation is 1. The molecule has 1 fully saturated rings. The predicted molar refractivity (Wildman–Crippen MR) is 88.7 cm³/mol. The number of nitrogens with two attached hydrogens (primary N) is 1. The second-order valence-corrected chi connectivity index (χ2v) is 6.32. The number of hydrogen-bond donors (Lipinski definition) is 1. The Labute approximate surface area is 129 Å². The van der Waals surface area contributed by atoms with Crippen LogP contribution in [0.1, 0.15) is 50.2 Å². The summed E-state index contributed by atoms with van der Waals surface area (Å²) >= 11 is 0. The van der Waals surface area contributed by atoms with Crippen molar-refractivity contribution >= 4 is 0 Å². The van der Waals surface area contributed by atoms with Gasteiger partial charge in [0.15, 0.2) is 0 Å². The average Bonchev–Trinajstić information content (AvgIpc) is 2.53. The highest BCUT2D eigenvalue weighted by Gasteiger charge is 2.36. The van der Waals surface area contributed by atoms with Crippen LogP contribution in [0.15, 0.2) is 18.2 Å². The van der Waals surface area contributed by atoms with E-state index in [0.717, 1.165) is 25.4 Å². The topological polar surface area (TPSA) is 38.5 Å². The van der Waals surface area contributed by atoms with Gasteiger partial charge in [0, 0.05) is 24.2 Å². The Balaban J connectivity index is 2.23. The van der Waals surface area contributed by atoms with Gasteiger partial charge < -0.3 is 10.5 Å². The molecular formula is C18H30N2O. The van der Waals surface area contributed by atoms with Crippen LogP contribution in [0.3, 0.4) is 0 Å². The number of hydrogen-bond acceptors (Lipinski definition) is 3. The smallest absolute Gasteiger partial charge is 0.123 e. The zero-order valence-corrected chi connectivity index (χ0v) is 13.8. The minimum atomic E-state index is 0.182. The molecule has 1 aromatic rings. The molecule has 0 unspecified atom stereocenters. The van der Waals surface area contributed by atoms with Crippen LogP contribution < -0.4 is 10.5 Å². The molecule has 0 atom stereocenters. The van der Waals surface area contributed by atoms with Gasteiger partial charge in [-0.05, 0) is 32.4 Å². The van der Waals surface area contributed by atoms with E-state index < -0.39 is 0 Å². The zero-order chi connectivity index (χ0) is 15.3. The van der Waals surface area contributed by atoms with E-state index in [1.165, 1.54) is 43.2 Å². The fraction of sp³-hybridized carbons (Fsp3) is 0.667. The Morgan fingerprint density at radius 1 is 1.24 bits per heavy atom. The van der Waals surface area contributed by atoms with Gasteiger partial charge in [-0.2, -0.15) is 0 Å². The van der Waals surface area contributed by atoms with Gasteiger partial charge >= 0.3 is 0 Å².